The zero-order chi connectivity index (χ0) is 27.2. The predicted molar refractivity (Wildman–Crippen MR) is 145 cm³/mol. The highest BCUT2D eigenvalue weighted by molar-refractivity contribution is 5.81. The number of para-hydroxylation sites is 1. The molecule has 1 fully saturated rings. The number of carbonyl (C=O) groups is 2. The molecule has 8 heteroatoms. The molecule has 8 nitrogen and oxygen atoms in total. The number of hydrogen-bond donors (Lipinski definition) is 1. The van der Waals surface area contributed by atoms with Crippen molar-refractivity contribution in [3.05, 3.63) is 102 Å². The number of ether oxygens (including phenoxy) is 2. The van der Waals surface area contributed by atoms with Crippen LogP contribution in [-0.2, 0) is 17.6 Å². The van der Waals surface area contributed by atoms with Gasteiger partial charge in [0.25, 0.3) is 0 Å². The number of aryl methyl sites for hydroxylation is 1. The fraction of sp³-hybridized carbons (Fsp3) is 0.258. The summed E-state index contributed by atoms with van der Waals surface area (Å²) < 4.78 is 17.2. The largest absolute Gasteiger partial charge is 0.493 e. The van der Waals surface area contributed by atoms with E-state index in [9.17, 15) is 14.7 Å². The van der Waals surface area contributed by atoms with E-state index in [1.54, 1.807) is 24.3 Å². The number of likely N-dealkylation sites (tertiary alicyclic amines) is 1. The van der Waals surface area contributed by atoms with E-state index in [4.69, 9.17) is 13.9 Å². The number of benzene rings is 3. The van der Waals surface area contributed by atoms with Crippen LogP contribution < -0.4 is 9.47 Å². The Bertz CT molecular complexity index is 1420. The first kappa shape index (κ1) is 26.0. The number of hydrogen-bond acceptors (Lipinski definition) is 6. The number of rotatable bonds is 9. The molecule has 4 aromatic rings. The number of aliphatic carboxylic acids is 1. The second kappa shape index (κ2) is 11.9. The van der Waals surface area contributed by atoms with Crippen LogP contribution in [0.15, 0.2) is 89.3 Å². The second-order valence-electron chi connectivity index (χ2n) is 9.63. The molecule has 1 amide bonds. The minimum Gasteiger partial charge on any atom is -0.493 e. The molecule has 0 bridgehead atoms. The van der Waals surface area contributed by atoms with Crippen LogP contribution in [-0.4, -0.2) is 46.2 Å². The molecule has 1 saturated heterocycles. The molecular formula is C31H30N2O6. The van der Waals surface area contributed by atoms with Crippen LogP contribution in [0.3, 0.4) is 0 Å². The van der Waals surface area contributed by atoms with Gasteiger partial charge in [0.1, 0.15) is 23.3 Å². The molecule has 0 unspecified atom stereocenters. The Balaban J connectivity index is 1.17. The van der Waals surface area contributed by atoms with Gasteiger partial charge in [0.15, 0.2) is 0 Å². The number of carboxylic acids is 1. The van der Waals surface area contributed by atoms with Gasteiger partial charge in [-0.15, -0.1) is 0 Å². The van der Waals surface area contributed by atoms with Gasteiger partial charge in [0, 0.05) is 18.5 Å². The average Bonchev–Trinajstić information content (AvgIpc) is 3.54. The van der Waals surface area contributed by atoms with Crippen LogP contribution in [0.2, 0.25) is 0 Å². The van der Waals surface area contributed by atoms with Crippen LogP contribution in [0.4, 0.5) is 4.79 Å². The maximum absolute atomic E-state index is 12.7. The van der Waals surface area contributed by atoms with E-state index in [1.807, 2.05) is 67.6 Å². The predicted octanol–water partition coefficient (Wildman–Crippen LogP) is 5.79. The summed E-state index contributed by atoms with van der Waals surface area (Å²) in [5.74, 6) is 1.44. The zero-order valence-corrected chi connectivity index (χ0v) is 21.7. The van der Waals surface area contributed by atoms with E-state index in [2.05, 4.69) is 4.98 Å². The van der Waals surface area contributed by atoms with Crippen molar-refractivity contribution in [2.45, 2.75) is 32.2 Å². The first-order valence-corrected chi connectivity index (χ1v) is 13.0. The highest BCUT2D eigenvalue weighted by Crippen LogP contribution is 2.29. The Morgan fingerprint density at radius 1 is 1.00 bits per heavy atom. The molecule has 3 aromatic carbocycles. The summed E-state index contributed by atoms with van der Waals surface area (Å²) in [5.41, 5.74) is 2.81. The lowest BCUT2D eigenvalue weighted by Gasteiger charge is -2.20. The van der Waals surface area contributed by atoms with Crippen LogP contribution in [0.25, 0.3) is 11.5 Å². The Morgan fingerprint density at radius 2 is 1.72 bits per heavy atom. The molecule has 2 atom stereocenters. The second-order valence-corrected chi connectivity index (χ2v) is 9.63. The summed E-state index contributed by atoms with van der Waals surface area (Å²) >= 11 is 0. The monoisotopic (exact) mass is 526 g/mol. The van der Waals surface area contributed by atoms with Crippen molar-refractivity contribution in [3.63, 3.8) is 0 Å². The Kier molecular flexibility index (Phi) is 7.91. The van der Waals surface area contributed by atoms with Crippen molar-refractivity contribution in [1.29, 1.82) is 0 Å². The quantitative estimate of drug-likeness (QED) is 0.295. The first-order chi connectivity index (χ1) is 19.0. The van der Waals surface area contributed by atoms with Gasteiger partial charge in [-0.1, -0.05) is 48.5 Å². The molecule has 2 heterocycles. The molecular weight excluding hydrogens is 496 g/mol. The summed E-state index contributed by atoms with van der Waals surface area (Å²) in [6.45, 7) is 2.65. The van der Waals surface area contributed by atoms with Crippen LogP contribution in [0, 0.1) is 12.8 Å². The molecule has 5 rings (SSSR count). The van der Waals surface area contributed by atoms with Crippen molar-refractivity contribution in [1.82, 2.24) is 9.88 Å². The highest BCUT2D eigenvalue weighted by atomic mass is 16.6. The van der Waals surface area contributed by atoms with Crippen LogP contribution in [0.1, 0.15) is 23.4 Å². The van der Waals surface area contributed by atoms with Crippen LogP contribution in [0.5, 0.6) is 11.5 Å². The maximum atomic E-state index is 12.7. The van der Waals surface area contributed by atoms with Gasteiger partial charge in [-0.25, -0.2) is 14.6 Å². The molecule has 0 spiro atoms. The molecule has 1 aromatic heterocycles. The maximum Gasteiger partial charge on any atom is 0.415 e. The molecule has 0 radical (unpaired) electrons. The fourth-order valence-electron chi connectivity index (χ4n) is 4.88. The van der Waals surface area contributed by atoms with E-state index in [0.717, 1.165) is 28.3 Å². The smallest absolute Gasteiger partial charge is 0.415 e. The fourth-order valence-corrected chi connectivity index (χ4v) is 4.88. The Labute approximate surface area is 226 Å². The van der Waals surface area contributed by atoms with Crippen molar-refractivity contribution in [3.8, 4) is 23.0 Å². The summed E-state index contributed by atoms with van der Waals surface area (Å²) in [6, 6.07) is 25.3. The summed E-state index contributed by atoms with van der Waals surface area (Å²) in [7, 11) is 0. The topological polar surface area (TPSA) is 102 Å². The number of oxazole rings is 1. The minimum atomic E-state index is -1.03. The molecule has 39 heavy (non-hydrogen) atoms. The minimum absolute atomic E-state index is 0.0149. The number of aromatic nitrogens is 1. The lowest BCUT2D eigenvalue weighted by Crippen LogP contribution is -2.42. The third-order valence-corrected chi connectivity index (χ3v) is 6.80. The number of nitrogens with zero attached hydrogens (tertiary/aromatic N) is 2. The first-order valence-electron chi connectivity index (χ1n) is 13.0. The molecule has 1 aliphatic heterocycles. The van der Waals surface area contributed by atoms with Gasteiger partial charge in [0.05, 0.1) is 12.3 Å². The third-order valence-electron chi connectivity index (χ3n) is 6.80. The molecule has 0 saturated carbocycles. The number of amides is 1. The van der Waals surface area contributed by atoms with E-state index in [-0.39, 0.29) is 5.92 Å². The van der Waals surface area contributed by atoms with Gasteiger partial charge >= 0.3 is 12.1 Å². The molecule has 1 N–H and O–H groups in total. The SMILES string of the molecule is Cc1oc(-c2ccccc2)nc1CCOc1cccc(C[C@H]2C[C@@H](C(=O)O)N(C(=O)Oc3ccccc3)C2)c1. The van der Waals surface area contributed by atoms with Gasteiger partial charge in [-0.2, -0.15) is 0 Å². The van der Waals surface area contributed by atoms with E-state index < -0.39 is 18.1 Å². The number of carbonyl (C=O) groups excluding carboxylic acids is 1. The van der Waals surface area contributed by atoms with Crippen molar-refractivity contribution in [2.75, 3.05) is 13.2 Å². The number of carboxylic acid groups (broad SMARTS) is 1. The van der Waals surface area contributed by atoms with Crippen LogP contribution >= 0.6 is 0 Å². The molecule has 1 aliphatic rings. The zero-order valence-electron chi connectivity index (χ0n) is 21.7. The third kappa shape index (κ3) is 6.46. The lowest BCUT2D eigenvalue weighted by molar-refractivity contribution is -0.141. The van der Waals surface area contributed by atoms with Crippen molar-refractivity contribution in [2.24, 2.45) is 5.92 Å². The van der Waals surface area contributed by atoms with E-state index in [1.165, 1.54) is 4.90 Å². The average molecular weight is 527 g/mol. The summed E-state index contributed by atoms with van der Waals surface area (Å²) in [5, 5.41) is 9.72. The summed E-state index contributed by atoms with van der Waals surface area (Å²) in [4.78, 5) is 30.6. The van der Waals surface area contributed by atoms with Gasteiger partial charge < -0.3 is 19.0 Å². The van der Waals surface area contributed by atoms with Gasteiger partial charge in [-0.05, 0) is 67.6 Å². The highest BCUT2D eigenvalue weighted by Gasteiger charge is 2.40. The Morgan fingerprint density at radius 3 is 2.46 bits per heavy atom. The molecule has 0 aliphatic carbocycles. The van der Waals surface area contributed by atoms with E-state index in [0.29, 0.717) is 44.1 Å². The lowest BCUT2D eigenvalue weighted by atomic mass is 9.96. The van der Waals surface area contributed by atoms with Crippen molar-refractivity contribution >= 4 is 12.1 Å². The van der Waals surface area contributed by atoms with Gasteiger partial charge in [-0.3, -0.25) is 4.90 Å². The Hall–Kier alpha value is -4.59. The van der Waals surface area contributed by atoms with Gasteiger partial charge in [0.2, 0.25) is 5.89 Å². The van der Waals surface area contributed by atoms with E-state index >= 15 is 0 Å². The summed E-state index contributed by atoms with van der Waals surface area (Å²) in [6.07, 6.45) is 0.943. The standard InChI is InChI=1S/C31H30N2O6/c1-21-27(32-29(38-21)24-10-4-2-5-11-24)15-16-37-26-14-8-9-22(18-26)17-23-19-28(30(34)35)33(20-23)31(36)39-25-12-6-3-7-13-25/h2-14,18,23,28H,15-17,19-20H2,1H3,(H,34,35)/t23-,28-/m0/s1. The normalized spacial score (nSPS) is 16.7. The van der Waals surface area contributed by atoms with Crippen molar-refractivity contribution < 1.29 is 28.6 Å². The molecule has 200 valence electrons.